The zero-order valence-electron chi connectivity index (χ0n) is 18.0. The van der Waals surface area contributed by atoms with E-state index in [-0.39, 0.29) is 46.5 Å². The van der Waals surface area contributed by atoms with Crippen LogP contribution in [-0.2, 0) is 0 Å². The minimum Gasteiger partial charge on any atom is -0.459 e. The van der Waals surface area contributed by atoms with Gasteiger partial charge in [0.05, 0.1) is 17.8 Å². The molecular weight excluding hydrogens is 447 g/mol. The first-order valence-electron chi connectivity index (χ1n) is 11.3. The number of furan rings is 1. The fourth-order valence-corrected chi connectivity index (χ4v) is 6.02. The van der Waals surface area contributed by atoms with Gasteiger partial charge in [-0.2, -0.15) is 11.8 Å². The maximum Gasteiger partial charge on any atom is 0.333 e. The van der Waals surface area contributed by atoms with Crippen molar-refractivity contribution in [2.24, 2.45) is 0 Å². The van der Waals surface area contributed by atoms with Crippen molar-refractivity contribution < 1.29 is 13.6 Å². The summed E-state index contributed by atoms with van der Waals surface area (Å²) in [5.74, 6) is 1.25. The number of nitrogens with zero attached hydrogens (tertiary/aromatic N) is 3. The lowest BCUT2D eigenvalue weighted by atomic mass is 9.90. The highest BCUT2D eigenvalue weighted by Crippen LogP contribution is 2.30. The van der Waals surface area contributed by atoms with Crippen LogP contribution in [0.2, 0.25) is 0 Å². The Bertz CT molecular complexity index is 1270. The first kappa shape index (κ1) is 21.9. The highest BCUT2D eigenvalue weighted by molar-refractivity contribution is 7.99. The van der Waals surface area contributed by atoms with Gasteiger partial charge in [0.25, 0.3) is 11.5 Å². The molecule has 1 aliphatic heterocycles. The maximum atomic E-state index is 14.0. The number of pyridine rings is 1. The van der Waals surface area contributed by atoms with Gasteiger partial charge in [0.2, 0.25) is 0 Å². The molecule has 3 aromatic rings. The lowest BCUT2D eigenvalue weighted by Gasteiger charge is -2.31. The van der Waals surface area contributed by atoms with Crippen LogP contribution in [0, 0.1) is 5.82 Å². The molecule has 0 unspecified atom stereocenters. The first-order chi connectivity index (χ1) is 16.0. The van der Waals surface area contributed by atoms with Gasteiger partial charge in [0.15, 0.2) is 5.76 Å². The van der Waals surface area contributed by atoms with Gasteiger partial charge in [-0.05, 0) is 68.2 Å². The van der Waals surface area contributed by atoms with Gasteiger partial charge in [-0.25, -0.2) is 14.2 Å². The molecule has 8 nitrogen and oxygen atoms in total. The van der Waals surface area contributed by atoms with Crippen molar-refractivity contribution in [3.8, 4) is 0 Å². The summed E-state index contributed by atoms with van der Waals surface area (Å²) in [5.41, 5.74) is -0.600. The third kappa shape index (κ3) is 4.23. The van der Waals surface area contributed by atoms with E-state index in [4.69, 9.17) is 4.42 Å². The van der Waals surface area contributed by atoms with Crippen molar-refractivity contribution in [2.45, 2.75) is 56.7 Å². The van der Waals surface area contributed by atoms with Crippen LogP contribution in [0.1, 0.15) is 61.2 Å². The van der Waals surface area contributed by atoms with Crippen molar-refractivity contribution in [3.05, 3.63) is 63.1 Å². The largest absolute Gasteiger partial charge is 0.459 e. The Morgan fingerprint density at radius 3 is 2.52 bits per heavy atom. The second-order valence-electron chi connectivity index (χ2n) is 8.65. The van der Waals surface area contributed by atoms with E-state index in [1.807, 2.05) is 11.8 Å². The summed E-state index contributed by atoms with van der Waals surface area (Å²) in [6.07, 6.45) is 6.51. The maximum absolute atomic E-state index is 14.0. The molecule has 1 saturated heterocycles. The van der Waals surface area contributed by atoms with E-state index in [1.165, 1.54) is 16.9 Å². The fourth-order valence-electron chi connectivity index (χ4n) is 4.94. The predicted molar refractivity (Wildman–Crippen MR) is 123 cm³/mol. The zero-order chi connectivity index (χ0) is 22.9. The molecule has 33 heavy (non-hydrogen) atoms. The third-order valence-corrected chi connectivity index (χ3v) is 7.67. The minimum atomic E-state index is -0.597. The number of halogens is 1. The number of carbonyl (C=O) groups excluding carboxylic acids is 1. The average molecular weight is 473 g/mol. The summed E-state index contributed by atoms with van der Waals surface area (Å²) in [7, 11) is 0. The number of aromatic nitrogens is 3. The summed E-state index contributed by atoms with van der Waals surface area (Å²) in [4.78, 5) is 43.3. The van der Waals surface area contributed by atoms with Gasteiger partial charge in [0, 0.05) is 18.1 Å². The highest BCUT2D eigenvalue weighted by atomic mass is 32.2. The third-order valence-electron chi connectivity index (χ3n) is 6.62. The summed E-state index contributed by atoms with van der Waals surface area (Å²) >= 11 is 1.84. The standard InChI is InChI=1S/C23H25FN4O4S/c24-14-12-18-20(25-13-14)27(17-7-10-33-11-8-17)23(31)28(22(18)30)16-5-3-15(4-6-16)26-21(29)19-2-1-9-32-19/h1-2,9,12-13,15-17H,3-8,10-11H2,(H,26,29)/t15-,16+. The number of carbonyl (C=O) groups is 1. The molecule has 2 fully saturated rings. The quantitative estimate of drug-likeness (QED) is 0.626. The molecule has 0 aromatic carbocycles. The second kappa shape index (κ2) is 9.17. The molecule has 0 bridgehead atoms. The molecule has 10 heteroatoms. The number of fused-ring (bicyclic) bond motifs is 1. The van der Waals surface area contributed by atoms with Crippen LogP contribution in [0.15, 0.2) is 44.7 Å². The van der Waals surface area contributed by atoms with Crippen LogP contribution >= 0.6 is 11.8 Å². The van der Waals surface area contributed by atoms with Crippen LogP contribution in [0.3, 0.4) is 0 Å². The topological polar surface area (TPSA) is 99.1 Å². The van der Waals surface area contributed by atoms with E-state index >= 15 is 0 Å². The molecule has 2 aliphatic rings. The molecule has 174 valence electrons. The second-order valence-corrected chi connectivity index (χ2v) is 9.88. The number of rotatable bonds is 4. The van der Waals surface area contributed by atoms with Crippen molar-refractivity contribution in [2.75, 3.05) is 11.5 Å². The molecule has 0 atom stereocenters. The van der Waals surface area contributed by atoms with Gasteiger partial charge in [-0.1, -0.05) is 0 Å². The minimum absolute atomic E-state index is 0.0602. The Hall–Kier alpha value is -2.88. The highest BCUT2D eigenvalue weighted by Gasteiger charge is 2.30. The van der Waals surface area contributed by atoms with Gasteiger partial charge in [-0.3, -0.25) is 18.7 Å². The monoisotopic (exact) mass is 472 g/mol. The van der Waals surface area contributed by atoms with Crippen LogP contribution in [-0.4, -0.2) is 37.6 Å². The van der Waals surface area contributed by atoms with Crippen LogP contribution < -0.4 is 16.6 Å². The Labute approximate surface area is 193 Å². The molecule has 5 rings (SSSR count). The average Bonchev–Trinajstić information content (AvgIpc) is 3.37. The van der Waals surface area contributed by atoms with Crippen molar-refractivity contribution >= 4 is 28.7 Å². The lowest BCUT2D eigenvalue weighted by Crippen LogP contribution is -2.46. The van der Waals surface area contributed by atoms with Crippen molar-refractivity contribution in [1.29, 1.82) is 0 Å². The van der Waals surface area contributed by atoms with Crippen LogP contribution in [0.5, 0.6) is 0 Å². The van der Waals surface area contributed by atoms with E-state index in [2.05, 4.69) is 10.3 Å². The SMILES string of the molecule is O=C(N[C@H]1CC[C@@H](n2c(=O)c3cc(F)cnc3n(C3CCSCC3)c2=O)CC1)c1ccco1. The number of hydrogen-bond donors (Lipinski definition) is 1. The molecule has 1 N–H and O–H groups in total. The molecular formula is C23H25FN4O4S. The lowest BCUT2D eigenvalue weighted by molar-refractivity contribution is 0.0893. The molecule has 1 amide bonds. The van der Waals surface area contributed by atoms with Crippen LogP contribution in [0.4, 0.5) is 4.39 Å². The number of nitrogens with one attached hydrogen (secondary N) is 1. The van der Waals surface area contributed by atoms with E-state index in [0.29, 0.717) is 25.7 Å². The Kier molecular flexibility index (Phi) is 6.09. The zero-order valence-corrected chi connectivity index (χ0v) is 18.9. The van der Waals surface area contributed by atoms with Crippen LogP contribution in [0.25, 0.3) is 11.0 Å². The molecule has 4 heterocycles. The molecule has 1 aliphatic carbocycles. The van der Waals surface area contributed by atoms with Gasteiger partial charge >= 0.3 is 5.69 Å². The molecule has 3 aromatic heterocycles. The first-order valence-corrected chi connectivity index (χ1v) is 12.4. The summed E-state index contributed by atoms with van der Waals surface area (Å²) in [6, 6.07) is 4.02. The van der Waals surface area contributed by atoms with Gasteiger partial charge in [-0.15, -0.1) is 0 Å². The predicted octanol–water partition coefficient (Wildman–Crippen LogP) is 3.27. The van der Waals surface area contributed by atoms with Crippen molar-refractivity contribution in [3.63, 3.8) is 0 Å². The number of thioether (sulfide) groups is 1. The summed E-state index contributed by atoms with van der Waals surface area (Å²) < 4.78 is 22.1. The molecule has 1 saturated carbocycles. The Morgan fingerprint density at radius 1 is 1.09 bits per heavy atom. The molecule has 0 spiro atoms. The normalized spacial score (nSPS) is 21.8. The van der Waals surface area contributed by atoms with E-state index in [1.54, 1.807) is 16.7 Å². The number of hydrogen-bond acceptors (Lipinski definition) is 6. The summed E-state index contributed by atoms with van der Waals surface area (Å²) in [6.45, 7) is 0. The van der Waals surface area contributed by atoms with Crippen molar-refractivity contribution in [1.82, 2.24) is 19.4 Å². The van der Waals surface area contributed by atoms with Gasteiger partial charge < -0.3 is 9.73 Å². The van der Waals surface area contributed by atoms with E-state index in [0.717, 1.165) is 30.5 Å². The molecule has 0 radical (unpaired) electrons. The fraction of sp³-hybridized carbons (Fsp3) is 0.478. The Morgan fingerprint density at radius 2 is 1.82 bits per heavy atom. The summed E-state index contributed by atoms with van der Waals surface area (Å²) in [5, 5.41) is 3.10. The van der Waals surface area contributed by atoms with E-state index < -0.39 is 11.4 Å². The smallest absolute Gasteiger partial charge is 0.333 e. The van der Waals surface area contributed by atoms with Gasteiger partial charge in [0.1, 0.15) is 11.5 Å². The van der Waals surface area contributed by atoms with E-state index in [9.17, 15) is 18.8 Å². The number of amides is 1. The Balaban J connectivity index is 1.45.